The number of hydrogen-bond donors (Lipinski definition) is 0. The molecule has 1 aromatic heterocycles. The van der Waals surface area contributed by atoms with Gasteiger partial charge >= 0.3 is 0 Å². The zero-order valence-electron chi connectivity index (χ0n) is 18.4. The number of rotatable bonds is 6. The second kappa shape index (κ2) is 8.78. The van der Waals surface area contributed by atoms with Gasteiger partial charge in [-0.05, 0) is 55.2 Å². The first-order valence-corrected chi connectivity index (χ1v) is 12.3. The lowest BCUT2D eigenvalue weighted by Gasteiger charge is -2.27. The molecule has 32 heavy (non-hydrogen) atoms. The lowest BCUT2D eigenvalue weighted by molar-refractivity contribution is 0.0670. The predicted molar refractivity (Wildman–Crippen MR) is 121 cm³/mol. The summed E-state index contributed by atoms with van der Waals surface area (Å²) < 4.78 is 35.0. The maximum atomic E-state index is 13.4. The molecule has 168 valence electrons. The average molecular weight is 455 g/mol. The van der Waals surface area contributed by atoms with E-state index in [2.05, 4.69) is 5.16 Å². The van der Waals surface area contributed by atoms with Crippen molar-refractivity contribution in [2.24, 2.45) is 0 Å². The minimum absolute atomic E-state index is 0.0510. The second-order valence-electron chi connectivity index (χ2n) is 8.22. The Kier molecular flexibility index (Phi) is 6.06. The van der Waals surface area contributed by atoms with Crippen molar-refractivity contribution in [3.05, 3.63) is 70.9 Å². The van der Waals surface area contributed by atoms with Crippen molar-refractivity contribution in [3.8, 4) is 17.1 Å². The van der Waals surface area contributed by atoms with E-state index in [0.29, 0.717) is 17.9 Å². The number of amides is 1. The first-order valence-electron chi connectivity index (χ1n) is 10.4. The summed E-state index contributed by atoms with van der Waals surface area (Å²) in [6.45, 7) is 4.29. The molecule has 1 atom stereocenters. The number of benzene rings is 2. The van der Waals surface area contributed by atoms with Crippen LogP contribution in [0.3, 0.4) is 0 Å². The van der Waals surface area contributed by atoms with Gasteiger partial charge in [-0.2, -0.15) is 0 Å². The van der Waals surface area contributed by atoms with Crippen molar-refractivity contribution in [2.45, 2.75) is 32.9 Å². The topological polar surface area (TPSA) is 89.7 Å². The zero-order valence-corrected chi connectivity index (χ0v) is 19.2. The molecular formula is C24H26N2O5S. The molecular weight excluding hydrogens is 428 g/mol. The van der Waals surface area contributed by atoms with Crippen LogP contribution in [-0.2, 0) is 16.4 Å². The van der Waals surface area contributed by atoms with Crippen molar-refractivity contribution >= 4 is 15.7 Å². The third kappa shape index (κ3) is 4.70. The molecule has 2 aromatic carbocycles. The maximum absolute atomic E-state index is 13.4. The van der Waals surface area contributed by atoms with E-state index in [9.17, 15) is 13.2 Å². The first kappa shape index (κ1) is 22.1. The van der Waals surface area contributed by atoms with Gasteiger partial charge in [0.1, 0.15) is 5.75 Å². The summed E-state index contributed by atoms with van der Waals surface area (Å²) in [4.78, 5) is 15.0. The lowest BCUT2D eigenvalue weighted by Crippen LogP contribution is -2.40. The van der Waals surface area contributed by atoms with Gasteiger partial charge in [-0.25, -0.2) is 8.42 Å². The highest BCUT2D eigenvalue weighted by atomic mass is 32.2. The fraction of sp³-hybridized carbons (Fsp3) is 0.333. The quantitative estimate of drug-likeness (QED) is 0.563. The summed E-state index contributed by atoms with van der Waals surface area (Å²) in [6, 6.07) is 14.5. The number of aryl methyl sites for hydroxylation is 2. The largest absolute Gasteiger partial charge is 0.497 e. The van der Waals surface area contributed by atoms with E-state index in [1.165, 1.54) is 0 Å². The molecule has 0 spiro atoms. The van der Waals surface area contributed by atoms with Gasteiger partial charge in [-0.1, -0.05) is 29.4 Å². The van der Waals surface area contributed by atoms with Crippen molar-refractivity contribution in [3.63, 3.8) is 0 Å². The van der Waals surface area contributed by atoms with Gasteiger partial charge in [0.05, 0.1) is 18.6 Å². The fourth-order valence-corrected chi connectivity index (χ4v) is 5.64. The van der Waals surface area contributed by atoms with Crippen LogP contribution in [0.5, 0.6) is 5.75 Å². The molecule has 1 aliphatic heterocycles. The Morgan fingerprint density at radius 2 is 1.97 bits per heavy atom. The van der Waals surface area contributed by atoms with Gasteiger partial charge in [0.15, 0.2) is 21.3 Å². The van der Waals surface area contributed by atoms with E-state index < -0.39 is 15.9 Å². The van der Waals surface area contributed by atoms with Gasteiger partial charge < -0.3 is 14.2 Å². The van der Waals surface area contributed by atoms with Crippen LogP contribution < -0.4 is 4.74 Å². The average Bonchev–Trinajstić information content (AvgIpc) is 3.40. The molecule has 1 amide bonds. The Labute approximate surface area is 187 Å². The van der Waals surface area contributed by atoms with Crippen molar-refractivity contribution in [2.75, 3.05) is 18.6 Å². The normalized spacial score (nSPS) is 17.3. The number of aromatic nitrogens is 1. The number of carbonyl (C=O) groups excluding carboxylic acids is 1. The molecule has 1 saturated heterocycles. The van der Waals surface area contributed by atoms with Gasteiger partial charge in [-0.15, -0.1) is 0 Å². The summed E-state index contributed by atoms with van der Waals surface area (Å²) >= 11 is 0. The third-order valence-corrected chi connectivity index (χ3v) is 7.67. The molecule has 0 saturated carbocycles. The molecule has 1 fully saturated rings. The molecule has 0 aliphatic carbocycles. The lowest BCUT2D eigenvalue weighted by atomic mass is 10.0. The number of ether oxygens (including phenoxy) is 1. The van der Waals surface area contributed by atoms with Crippen LogP contribution in [0, 0.1) is 13.8 Å². The van der Waals surface area contributed by atoms with Crippen LogP contribution in [0.1, 0.15) is 33.6 Å². The van der Waals surface area contributed by atoms with E-state index in [1.807, 2.05) is 56.3 Å². The third-order valence-electron chi connectivity index (χ3n) is 5.92. The molecule has 2 heterocycles. The number of hydrogen-bond acceptors (Lipinski definition) is 6. The highest BCUT2D eigenvalue weighted by molar-refractivity contribution is 7.91. The Morgan fingerprint density at radius 3 is 2.66 bits per heavy atom. The summed E-state index contributed by atoms with van der Waals surface area (Å²) in [5.41, 5.74) is 4.12. The molecule has 0 radical (unpaired) electrons. The highest BCUT2D eigenvalue weighted by Crippen LogP contribution is 2.27. The van der Waals surface area contributed by atoms with E-state index in [4.69, 9.17) is 9.26 Å². The second-order valence-corrected chi connectivity index (χ2v) is 10.4. The fourth-order valence-electron chi connectivity index (χ4n) is 3.91. The number of sulfone groups is 1. The molecule has 1 aliphatic rings. The summed E-state index contributed by atoms with van der Waals surface area (Å²) in [5.74, 6) is 0.842. The molecule has 3 aromatic rings. The summed E-state index contributed by atoms with van der Waals surface area (Å²) in [5, 5.41) is 4.01. The molecule has 0 bridgehead atoms. The Bertz CT molecular complexity index is 1250. The van der Waals surface area contributed by atoms with Crippen molar-refractivity contribution in [1.82, 2.24) is 10.1 Å². The molecule has 1 unspecified atom stereocenters. The van der Waals surface area contributed by atoms with Crippen molar-refractivity contribution in [1.29, 1.82) is 0 Å². The van der Waals surface area contributed by atoms with Crippen LogP contribution in [0.4, 0.5) is 0 Å². The Morgan fingerprint density at radius 1 is 1.16 bits per heavy atom. The monoisotopic (exact) mass is 454 g/mol. The van der Waals surface area contributed by atoms with Gasteiger partial charge in [-0.3, -0.25) is 4.79 Å². The van der Waals surface area contributed by atoms with E-state index in [0.717, 1.165) is 22.3 Å². The van der Waals surface area contributed by atoms with Crippen LogP contribution in [0.2, 0.25) is 0 Å². The van der Waals surface area contributed by atoms with Crippen LogP contribution in [0.25, 0.3) is 11.3 Å². The zero-order chi connectivity index (χ0) is 22.9. The summed E-state index contributed by atoms with van der Waals surface area (Å²) in [6.07, 6.45) is 0.403. The minimum atomic E-state index is -3.17. The van der Waals surface area contributed by atoms with Gasteiger partial charge in [0.25, 0.3) is 5.91 Å². The van der Waals surface area contributed by atoms with Crippen molar-refractivity contribution < 1.29 is 22.5 Å². The Hall–Kier alpha value is -3.13. The Balaban J connectivity index is 1.64. The molecule has 7 nitrogen and oxygen atoms in total. The van der Waals surface area contributed by atoms with Crippen LogP contribution in [0.15, 0.2) is 53.1 Å². The van der Waals surface area contributed by atoms with E-state index in [-0.39, 0.29) is 29.7 Å². The molecule has 8 heteroatoms. The number of nitrogens with zero attached hydrogens (tertiary/aromatic N) is 2. The van der Waals surface area contributed by atoms with E-state index in [1.54, 1.807) is 18.1 Å². The van der Waals surface area contributed by atoms with Crippen LogP contribution in [-0.4, -0.2) is 49.0 Å². The molecule has 0 N–H and O–H groups in total. The number of carbonyl (C=O) groups is 1. The highest BCUT2D eigenvalue weighted by Gasteiger charge is 2.36. The standard InChI is InChI=1S/C24H26N2O5S/c1-16-7-8-19(11-17(16)2)23-13-22(25-31-23)24(27)26(20-9-10-32(28,29)15-20)14-18-5-4-6-21(12-18)30-3/h4-8,11-13,20H,9-10,14-15H2,1-3H3. The van der Waals surface area contributed by atoms with Crippen LogP contribution >= 0.6 is 0 Å². The maximum Gasteiger partial charge on any atom is 0.276 e. The first-order chi connectivity index (χ1) is 15.3. The number of methoxy groups -OCH3 is 1. The smallest absolute Gasteiger partial charge is 0.276 e. The molecule has 4 rings (SSSR count). The van der Waals surface area contributed by atoms with E-state index >= 15 is 0 Å². The summed E-state index contributed by atoms with van der Waals surface area (Å²) in [7, 11) is -1.59. The minimum Gasteiger partial charge on any atom is -0.497 e. The van der Waals surface area contributed by atoms with Gasteiger partial charge in [0.2, 0.25) is 0 Å². The predicted octanol–water partition coefficient (Wildman–Crippen LogP) is 3.80. The SMILES string of the molecule is COc1cccc(CN(C(=O)c2cc(-c3ccc(C)c(C)c3)on2)C2CCS(=O)(=O)C2)c1. The van der Waals surface area contributed by atoms with Gasteiger partial charge in [0, 0.05) is 24.2 Å².